The molecule has 18 heavy (non-hydrogen) atoms. The molecule has 1 aliphatic heterocycles. The summed E-state index contributed by atoms with van der Waals surface area (Å²) in [5.74, 6) is -2.98. The Morgan fingerprint density at radius 1 is 1.33 bits per heavy atom. The molecule has 1 aromatic carbocycles. The summed E-state index contributed by atoms with van der Waals surface area (Å²) < 4.78 is 45.1. The summed E-state index contributed by atoms with van der Waals surface area (Å²) in [6.45, 7) is 2.59. The minimum Gasteiger partial charge on any atom is -0.380 e. The van der Waals surface area contributed by atoms with Gasteiger partial charge in [0.15, 0.2) is 11.6 Å². The minimum atomic E-state index is -1.17. The Morgan fingerprint density at radius 3 is 2.83 bits per heavy atom. The zero-order valence-corrected chi connectivity index (χ0v) is 10.2. The molecule has 2 nitrogen and oxygen atoms in total. The first-order valence-electron chi connectivity index (χ1n) is 6.12. The van der Waals surface area contributed by atoms with Crippen LogP contribution in [-0.2, 0) is 4.74 Å². The third-order valence-corrected chi connectivity index (χ3v) is 3.18. The quantitative estimate of drug-likeness (QED) is 0.839. The number of anilines is 1. The number of rotatable bonds is 3. The maximum atomic E-state index is 13.5. The van der Waals surface area contributed by atoms with E-state index in [1.807, 2.05) is 6.92 Å². The second-order valence-electron chi connectivity index (χ2n) is 4.52. The number of ether oxygens (including phenoxy) is 1. The predicted octanol–water partition coefficient (Wildman–Crippen LogP) is 3.47. The first kappa shape index (κ1) is 13.2. The molecule has 1 aromatic rings. The smallest absolute Gasteiger partial charge is 0.182 e. The SMILES string of the molecule is CCC1CC(Nc2cc(F)cc(F)c2F)CCO1. The highest BCUT2D eigenvalue weighted by molar-refractivity contribution is 5.46. The van der Waals surface area contributed by atoms with Gasteiger partial charge in [0.2, 0.25) is 0 Å². The first-order chi connectivity index (χ1) is 8.60. The van der Waals surface area contributed by atoms with Gasteiger partial charge in [0.05, 0.1) is 11.8 Å². The van der Waals surface area contributed by atoms with Crippen LogP contribution in [0.1, 0.15) is 26.2 Å². The molecule has 0 aliphatic carbocycles. The van der Waals surface area contributed by atoms with Crippen LogP contribution in [0.15, 0.2) is 12.1 Å². The predicted molar refractivity (Wildman–Crippen MR) is 63.0 cm³/mol. The molecule has 1 fully saturated rings. The molecule has 2 atom stereocenters. The summed E-state index contributed by atoms with van der Waals surface area (Å²) >= 11 is 0. The molecule has 0 radical (unpaired) electrons. The number of halogens is 3. The van der Waals surface area contributed by atoms with E-state index in [0.29, 0.717) is 25.5 Å². The zero-order valence-electron chi connectivity index (χ0n) is 10.2. The molecule has 0 spiro atoms. The maximum absolute atomic E-state index is 13.5. The van der Waals surface area contributed by atoms with Crippen molar-refractivity contribution in [1.82, 2.24) is 0 Å². The van der Waals surface area contributed by atoms with Crippen LogP contribution >= 0.6 is 0 Å². The van der Waals surface area contributed by atoms with Crippen molar-refractivity contribution < 1.29 is 17.9 Å². The Morgan fingerprint density at radius 2 is 2.11 bits per heavy atom. The van der Waals surface area contributed by atoms with Crippen molar-refractivity contribution in [2.75, 3.05) is 11.9 Å². The van der Waals surface area contributed by atoms with Crippen molar-refractivity contribution in [3.8, 4) is 0 Å². The van der Waals surface area contributed by atoms with Crippen LogP contribution in [0.4, 0.5) is 18.9 Å². The van der Waals surface area contributed by atoms with E-state index in [-0.39, 0.29) is 17.8 Å². The molecule has 0 saturated carbocycles. The van der Waals surface area contributed by atoms with Gasteiger partial charge in [0.25, 0.3) is 0 Å². The van der Waals surface area contributed by atoms with Crippen molar-refractivity contribution in [1.29, 1.82) is 0 Å². The van der Waals surface area contributed by atoms with Crippen molar-refractivity contribution in [2.24, 2.45) is 0 Å². The second-order valence-corrected chi connectivity index (χ2v) is 4.52. The molecule has 0 bridgehead atoms. The lowest BCUT2D eigenvalue weighted by Crippen LogP contribution is -2.34. The van der Waals surface area contributed by atoms with E-state index in [2.05, 4.69) is 5.32 Å². The standard InChI is InChI=1S/C13H16F3NO/c1-2-10-7-9(3-4-18-10)17-12-6-8(14)5-11(15)13(12)16/h5-6,9-10,17H,2-4,7H2,1H3. The van der Waals surface area contributed by atoms with Crippen LogP contribution in [0.3, 0.4) is 0 Å². The number of hydrogen-bond acceptors (Lipinski definition) is 2. The summed E-state index contributed by atoms with van der Waals surface area (Å²) in [5.41, 5.74) is -0.116. The van der Waals surface area contributed by atoms with Crippen LogP contribution < -0.4 is 5.32 Å². The Balaban J connectivity index is 2.09. The van der Waals surface area contributed by atoms with E-state index < -0.39 is 17.5 Å². The van der Waals surface area contributed by atoms with E-state index in [4.69, 9.17) is 4.74 Å². The Labute approximate surface area is 104 Å². The van der Waals surface area contributed by atoms with Gasteiger partial charge < -0.3 is 10.1 Å². The highest BCUT2D eigenvalue weighted by atomic mass is 19.2. The van der Waals surface area contributed by atoms with Crippen molar-refractivity contribution in [3.05, 3.63) is 29.6 Å². The number of nitrogens with one attached hydrogen (secondary N) is 1. The summed E-state index contributed by atoms with van der Waals surface area (Å²) in [4.78, 5) is 0. The molecule has 1 aliphatic rings. The second kappa shape index (κ2) is 5.61. The van der Waals surface area contributed by atoms with Crippen LogP contribution in [0.2, 0.25) is 0 Å². The highest BCUT2D eigenvalue weighted by Gasteiger charge is 2.22. The van der Waals surface area contributed by atoms with E-state index in [9.17, 15) is 13.2 Å². The van der Waals surface area contributed by atoms with Gasteiger partial charge >= 0.3 is 0 Å². The van der Waals surface area contributed by atoms with E-state index in [0.717, 1.165) is 12.5 Å². The van der Waals surface area contributed by atoms with Gasteiger partial charge in [-0.1, -0.05) is 6.92 Å². The average molecular weight is 259 g/mol. The summed E-state index contributed by atoms with van der Waals surface area (Å²) in [6, 6.07) is 1.51. The molecule has 5 heteroatoms. The first-order valence-corrected chi connectivity index (χ1v) is 6.12. The van der Waals surface area contributed by atoms with Crippen LogP contribution in [0.5, 0.6) is 0 Å². The maximum Gasteiger partial charge on any atom is 0.182 e. The van der Waals surface area contributed by atoms with Crippen LogP contribution in [0.25, 0.3) is 0 Å². The van der Waals surface area contributed by atoms with Gasteiger partial charge in [0, 0.05) is 24.8 Å². The molecule has 1 N–H and O–H groups in total. The normalized spacial score (nSPS) is 24.0. The Kier molecular flexibility index (Phi) is 4.11. The van der Waals surface area contributed by atoms with Gasteiger partial charge in [-0.25, -0.2) is 13.2 Å². The highest BCUT2D eigenvalue weighted by Crippen LogP contribution is 2.24. The van der Waals surface area contributed by atoms with Gasteiger partial charge in [-0.2, -0.15) is 0 Å². The molecule has 1 heterocycles. The third-order valence-electron chi connectivity index (χ3n) is 3.18. The monoisotopic (exact) mass is 259 g/mol. The van der Waals surface area contributed by atoms with Gasteiger partial charge in [0.1, 0.15) is 5.82 Å². The molecule has 0 amide bonds. The lowest BCUT2D eigenvalue weighted by Gasteiger charge is -2.30. The summed E-state index contributed by atoms with van der Waals surface area (Å²) in [6.07, 6.45) is 2.41. The molecule has 100 valence electrons. The minimum absolute atomic E-state index is 0.0144. The van der Waals surface area contributed by atoms with Crippen molar-refractivity contribution >= 4 is 5.69 Å². The molecular formula is C13H16F3NO. The number of hydrogen-bond donors (Lipinski definition) is 1. The Hall–Kier alpha value is -1.23. The topological polar surface area (TPSA) is 21.3 Å². The van der Waals surface area contributed by atoms with Crippen LogP contribution in [-0.4, -0.2) is 18.8 Å². The van der Waals surface area contributed by atoms with Gasteiger partial charge in [-0.05, 0) is 19.3 Å². The summed E-state index contributed by atoms with van der Waals surface area (Å²) in [5, 5.41) is 2.86. The lowest BCUT2D eigenvalue weighted by atomic mass is 10.0. The molecular weight excluding hydrogens is 243 g/mol. The largest absolute Gasteiger partial charge is 0.380 e. The molecule has 2 unspecified atom stereocenters. The van der Waals surface area contributed by atoms with E-state index in [1.54, 1.807) is 0 Å². The van der Waals surface area contributed by atoms with Crippen LogP contribution in [0, 0.1) is 17.5 Å². The van der Waals surface area contributed by atoms with E-state index in [1.165, 1.54) is 0 Å². The molecule has 1 saturated heterocycles. The zero-order chi connectivity index (χ0) is 13.1. The molecule has 2 rings (SSSR count). The molecule has 0 aromatic heterocycles. The van der Waals surface area contributed by atoms with E-state index >= 15 is 0 Å². The summed E-state index contributed by atoms with van der Waals surface area (Å²) in [7, 11) is 0. The Bertz CT molecular complexity index is 425. The van der Waals surface area contributed by atoms with Crippen molar-refractivity contribution in [3.63, 3.8) is 0 Å². The fourth-order valence-corrected chi connectivity index (χ4v) is 2.18. The third kappa shape index (κ3) is 2.96. The fourth-order valence-electron chi connectivity index (χ4n) is 2.18. The van der Waals surface area contributed by atoms with Gasteiger partial charge in [-0.3, -0.25) is 0 Å². The fraction of sp³-hybridized carbons (Fsp3) is 0.538. The van der Waals surface area contributed by atoms with Crippen molar-refractivity contribution in [2.45, 2.75) is 38.3 Å². The average Bonchev–Trinajstić information content (AvgIpc) is 2.35. The van der Waals surface area contributed by atoms with Gasteiger partial charge in [-0.15, -0.1) is 0 Å². The number of benzene rings is 1. The lowest BCUT2D eigenvalue weighted by molar-refractivity contribution is 0.00920.